The van der Waals surface area contributed by atoms with Gasteiger partial charge in [-0.2, -0.15) is 5.10 Å². The number of ether oxygens (including phenoxy) is 1. The van der Waals surface area contributed by atoms with Crippen LogP contribution < -0.4 is 0 Å². The first-order valence-corrected chi connectivity index (χ1v) is 10.8. The Labute approximate surface area is 177 Å². The van der Waals surface area contributed by atoms with Gasteiger partial charge >= 0.3 is 0 Å². The summed E-state index contributed by atoms with van der Waals surface area (Å²) in [7, 11) is 1.85. The van der Waals surface area contributed by atoms with E-state index in [4.69, 9.17) is 16.3 Å². The molecule has 0 saturated carbocycles. The quantitative estimate of drug-likeness (QED) is 0.726. The smallest absolute Gasteiger partial charge is 0.226 e. The molecule has 2 aromatic rings. The number of morpholine rings is 1. The summed E-state index contributed by atoms with van der Waals surface area (Å²) in [6.45, 7) is 5.36. The van der Waals surface area contributed by atoms with Gasteiger partial charge in [-0.25, -0.2) is 0 Å². The lowest BCUT2D eigenvalue weighted by atomic mass is 9.83. The molecule has 0 bridgehead atoms. The zero-order chi connectivity index (χ0) is 20.2. The van der Waals surface area contributed by atoms with Gasteiger partial charge in [-0.1, -0.05) is 35.9 Å². The van der Waals surface area contributed by atoms with Crippen molar-refractivity contribution in [3.8, 4) is 0 Å². The van der Waals surface area contributed by atoms with Crippen LogP contribution in [0.3, 0.4) is 0 Å². The molecule has 1 fully saturated rings. The van der Waals surface area contributed by atoms with Crippen LogP contribution in [0.5, 0.6) is 0 Å². The Balaban J connectivity index is 1.47. The average Bonchev–Trinajstić information content (AvgIpc) is 3.07. The Bertz CT molecular complexity index is 847. The number of rotatable bonds is 6. The number of aromatic nitrogens is 2. The van der Waals surface area contributed by atoms with Gasteiger partial charge in [-0.15, -0.1) is 0 Å². The summed E-state index contributed by atoms with van der Waals surface area (Å²) in [5.41, 5.74) is 3.45. The molecular weight excluding hydrogens is 388 g/mol. The summed E-state index contributed by atoms with van der Waals surface area (Å²) in [4.78, 5) is 17.8. The largest absolute Gasteiger partial charge is 0.379 e. The van der Waals surface area contributed by atoms with Crippen LogP contribution in [0.15, 0.2) is 30.5 Å². The van der Waals surface area contributed by atoms with Crippen LogP contribution in [-0.2, 0) is 36.0 Å². The van der Waals surface area contributed by atoms with Gasteiger partial charge in [0.15, 0.2) is 0 Å². The minimum atomic E-state index is 0.0251. The van der Waals surface area contributed by atoms with E-state index in [1.54, 1.807) is 10.9 Å². The molecule has 1 atom stereocenters. The molecule has 0 N–H and O–H groups in total. The molecule has 7 heteroatoms. The van der Waals surface area contributed by atoms with Crippen molar-refractivity contribution in [2.24, 2.45) is 13.0 Å². The van der Waals surface area contributed by atoms with Gasteiger partial charge in [0.1, 0.15) is 5.69 Å². The van der Waals surface area contributed by atoms with Gasteiger partial charge in [-0.05, 0) is 30.4 Å². The zero-order valence-corrected chi connectivity index (χ0v) is 17.8. The van der Waals surface area contributed by atoms with E-state index in [1.807, 2.05) is 11.9 Å². The average molecular weight is 417 g/mol. The number of carbonyl (C=O) groups excluding carboxylic acids is 1. The van der Waals surface area contributed by atoms with Crippen molar-refractivity contribution >= 4 is 17.5 Å². The molecule has 1 saturated heterocycles. The first-order chi connectivity index (χ1) is 14.1. The van der Waals surface area contributed by atoms with E-state index in [1.165, 1.54) is 11.1 Å². The molecule has 1 amide bonds. The second-order valence-electron chi connectivity index (χ2n) is 8.02. The van der Waals surface area contributed by atoms with Crippen molar-refractivity contribution < 1.29 is 9.53 Å². The number of aryl methyl sites for hydroxylation is 2. The second-order valence-corrected chi connectivity index (χ2v) is 8.43. The number of fused-ring (bicyclic) bond motifs is 1. The fraction of sp³-hybridized carbons (Fsp3) is 0.545. The first-order valence-electron chi connectivity index (χ1n) is 10.4. The van der Waals surface area contributed by atoms with Crippen molar-refractivity contribution in [1.29, 1.82) is 0 Å². The van der Waals surface area contributed by atoms with Crippen molar-refractivity contribution in [3.63, 3.8) is 0 Å². The Morgan fingerprint density at radius 2 is 2.03 bits per heavy atom. The molecule has 2 aliphatic rings. The van der Waals surface area contributed by atoms with Gasteiger partial charge in [0.25, 0.3) is 0 Å². The monoisotopic (exact) mass is 416 g/mol. The molecule has 0 spiro atoms. The fourth-order valence-electron chi connectivity index (χ4n) is 4.31. The van der Waals surface area contributed by atoms with E-state index in [0.29, 0.717) is 18.1 Å². The number of hydrogen-bond donors (Lipinski definition) is 0. The summed E-state index contributed by atoms with van der Waals surface area (Å²) in [5, 5.41) is 5.08. The molecule has 0 unspecified atom stereocenters. The van der Waals surface area contributed by atoms with Crippen molar-refractivity contribution in [1.82, 2.24) is 19.6 Å². The van der Waals surface area contributed by atoms with Crippen LogP contribution >= 0.6 is 11.6 Å². The third-order valence-electron chi connectivity index (χ3n) is 5.99. The minimum Gasteiger partial charge on any atom is -0.379 e. The Morgan fingerprint density at radius 3 is 2.76 bits per heavy atom. The van der Waals surface area contributed by atoms with E-state index < -0.39 is 0 Å². The highest BCUT2D eigenvalue weighted by molar-refractivity contribution is 6.31. The highest BCUT2D eigenvalue weighted by atomic mass is 35.5. The number of benzene rings is 1. The Morgan fingerprint density at radius 1 is 1.28 bits per heavy atom. The lowest BCUT2D eigenvalue weighted by Crippen LogP contribution is -2.45. The third kappa shape index (κ3) is 5.00. The van der Waals surface area contributed by atoms with Gasteiger partial charge in [0, 0.05) is 45.3 Å². The fourth-order valence-corrected chi connectivity index (χ4v) is 4.55. The number of nitrogens with zero attached hydrogens (tertiary/aromatic N) is 4. The molecule has 2 heterocycles. The van der Waals surface area contributed by atoms with Crippen molar-refractivity contribution in [2.75, 3.05) is 39.4 Å². The van der Waals surface area contributed by atoms with Gasteiger partial charge in [0.2, 0.25) is 5.91 Å². The number of hydrogen-bond acceptors (Lipinski definition) is 4. The highest BCUT2D eigenvalue weighted by Crippen LogP contribution is 2.27. The van der Waals surface area contributed by atoms with Gasteiger partial charge in [0.05, 0.1) is 24.8 Å². The maximum Gasteiger partial charge on any atom is 0.226 e. The number of halogens is 1. The van der Waals surface area contributed by atoms with Gasteiger partial charge in [-0.3, -0.25) is 14.4 Å². The highest BCUT2D eigenvalue weighted by Gasteiger charge is 2.29. The molecule has 1 aromatic carbocycles. The van der Waals surface area contributed by atoms with Gasteiger partial charge < -0.3 is 9.64 Å². The van der Waals surface area contributed by atoms with E-state index in [2.05, 4.69) is 34.3 Å². The molecule has 1 aromatic heterocycles. The maximum atomic E-state index is 13.5. The van der Waals surface area contributed by atoms with E-state index in [-0.39, 0.29) is 11.8 Å². The molecule has 1 aliphatic heterocycles. The van der Waals surface area contributed by atoms with Crippen LogP contribution in [0.1, 0.15) is 23.2 Å². The zero-order valence-electron chi connectivity index (χ0n) is 17.0. The van der Waals surface area contributed by atoms with Crippen LogP contribution in [0, 0.1) is 5.92 Å². The molecule has 4 rings (SSSR count). The van der Waals surface area contributed by atoms with E-state index in [9.17, 15) is 4.79 Å². The van der Waals surface area contributed by atoms with E-state index >= 15 is 0 Å². The number of amides is 1. The standard InChI is InChI=1S/C22H29ClN4O2/c1-25-15-20(23)21(24-25)16-27(9-8-26-10-12-29-13-11-26)22(28)19-7-6-17-4-2-3-5-18(17)14-19/h2-5,15,19H,6-14,16H2,1H3/t19-/m1/s1. The second kappa shape index (κ2) is 9.28. The predicted octanol–water partition coefficient (Wildman–Crippen LogP) is 2.54. The van der Waals surface area contributed by atoms with Crippen molar-refractivity contribution in [3.05, 3.63) is 52.3 Å². The summed E-state index contributed by atoms with van der Waals surface area (Å²) < 4.78 is 7.15. The summed E-state index contributed by atoms with van der Waals surface area (Å²) in [6, 6.07) is 8.48. The van der Waals surface area contributed by atoms with Crippen molar-refractivity contribution in [2.45, 2.75) is 25.8 Å². The maximum absolute atomic E-state index is 13.5. The summed E-state index contributed by atoms with van der Waals surface area (Å²) in [6.07, 6.45) is 4.48. The minimum absolute atomic E-state index is 0.0251. The Kier molecular flexibility index (Phi) is 6.53. The van der Waals surface area contributed by atoms with Crippen LogP contribution in [-0.4, -0.2) is 64.9 Å². The van der Waals surface area contributed by atoms with E-state index in [0.717, 1.165) is 57.8 Å². The predicted molar refractivity (Wildman–Crippen MR) is 113 cm³/mol. The molecule has 0 radical (unpaired) electrons. The lowest BCUT2D eigenvalue weighted by Gasteiger charge is -2.33. The van der Waals surface area contributed by atoms with Crippen LogP contribution in [0.4, 0.5) is 0 Å². The Hall–Kier alpha value is -1.89. The lowest BCUT2D eigenvalue weighted by molar-refractivity contribution is -0.137. The molecular formula is C22H29ClN4O2. The molecule has 1 aliphatic carbocycles. The topological polar surface area (TPSA) is 50.6 Å². The summed E-state index contributed by atoms with van der Waals surface area (Å²) in [5.74, 6) is 0.242. The van der Waals surface area contributed by atoms with Crippen LogP contribution in [0.25, 0.3) is 0 Å². The SMILES string of the molecule is Cn1cc(Cl)c(CN(CCN2CCOCC2)C(=O)[C@@H]2CCc3ccccc3C2)n1. The summed E-state index contributed by atoms with van der Waals surface area (Å²) >= 11 is 6.35. The molecule has 6 nitrogen and oxygen atoms in total. The van der Waals surface area contributed by atoms with Crippen LogP contribution in [0.2, 0.25) is 5.02 Å². The molecule has 29 heavy (non-hydrogen) atoms. The third-order valence-corrected chi connectivity index (χ3v) is 6.31. The number of carbonyl (C=O) groups is 1. The first kappa shape index (κ1) is 20.4. The normalized spacial score (nSPS) is 19.7. The molecule has 156 valence electrons.